The van der Waals surface area contributed by atoms with E-state index >= 15 is 0 Å². The van der Waals surface area contributed by atoms with E-state index < -0.39 is 5.97 Å². The minimum atomic E-state index is -0.875. The molecule has 0 spiro atoms. The lowest BCUT2D eigenvalue weighted by Crippen LogP contribution is -2.46. The fourth-order valence-corrected chi connectivity index (χ4v) is 3.67. The van der Waals surface area contributed by atoms with Gasteiger partial charge in [0, 0.05) is 50.0 Å². The summed E-state index contributed by atoms with van der Waals surface area (Å²) in [5.74, 6) is -0.810. The number of carbonyl (C=O) groups excluding carboxylic acids is 1. The zero-order valence-corrected chi connectivity index (χ0v) is 14.7. The van der Waals surface area contributed by atoms with Gasteiger partial charge in [0.1, 0.15) is 5.84 Å². The van der Waals surface area contributed by atoms with Crippen molar-refractivity contribution in [3.05, 3.63) is 29.8 Å². The summed E-state index contributed by atoms with van der Waals surface area (Å²) in [6, 6.07) is 7.85. The Kier molecular flexibility index (Phi) is 5.29. The lowest BCUT2D eigenvalue weighted by Gasteiger charge is -2.37. The zero-order valence-electron chi connectivity index (χ0n) is 14.7. The Balaban J connectivity index is 1.53. The average molecular weight is 359 g/mol. The highest BCUT2D eigenvalue weighted by molar-refractivity contribution is 5.95. The van der Waals surface area contributed by atoms with Crippen molar-refractivity contribution >= 4 is 23.5 Å². The Bertz CT molecular complexity index is 683. The quantitative estimate of drug-likeness (QED) is 0.521. The van der Waals surface area contributed by atoms with Crippen molar-refractivity contribution in [2.24, 2.45) is 5.73 Å². The molecule has 2 aliphatic heterocycles. The summed E-state index contributed by atoms with van der Waals surface area (Å²) in [6.45, 7) is 3.30. The van der Waals surface area contributed by atoms with E-state index in [9.17, 15) is 9.59 Å². The van der Waals surface area contributed by atoms with Crippen LogP contribution in [0.5, 0.6) is 0 Å². The molecule has 2 fully saturated rings. The number of rotatable bonds is 6. The molecule has 2 aliphatic rings. The molecule has 0 aromatic heterocycles. The van der Waals surface area contributed by atoms with Crippen molar-refractivity contribution in [1.29, 1.82) is 5.41 Å². The largest absolute Gasteiger partial charge is 0.481 e. The maximum absolute atomic E-state index is 12.5. The van der Waals surface area contributed by atoms with Crippen LogP contribution in [0, 0.1) is 5.41 Å². The molecule has 26 heavy (non-hydrogen) atoms. The minimum absolute atomic E-state index is 0.00567. The molecule has 140 valence electrons. The van der Waals surface area contributed by atoms with Crippen LogP contribution in [0.15, 0.2) is 24.3 Å². The first-order valence-electron chi connectivity index (χ1n) is 8.92. The van der Waals surface area contributed by atoms with E-state index in [2.05, 4.69) is 4.90 Å². The summed E-state index contributed by atoms with van der Waals surface area (Å²) in [5, 5.41) is 16.2. The zero-order chi connectivity index (χ0) is 18.7. The number of piperidine rings is 1. The van der Waals surface area contributed by atoms with Gasteiger partial charge >= 0.3 is 12.0 Å². The number of benzene rings is 1. The van der Waals surface area contributed by atoms with Crippen LogP contribution in [0.4, 0.5) is 10.5 Å². The summed E-state index contributed by atoms with van der Waals surface area (Å²) < 4.78 is 0. The van der Waals surface area contributed by atoms with E-state index in [0.717, 1.165) is 31.6 Å². The molecule has 8 nitrogen and oxygen atoms in total. The smallest absolute Gasteiger partial charge is 0.320 e. The maximum Gasteiger partial charge on any atom is 0.320 e. The van der Waals surface area contributed by atoms with Crippen LogP contribution in [0.1, 0.15) is 24.8 Å². The van der Waals surface area contributed by atoms with Gasteiger partial charge in [0.25, 0.3) is 0 Å². The highest BCUT2D eigenvalue weighted by Crippen LogP contribution is 2.25. The molecule has 0 saturated carbocycles. The lowest BCUT2D eigenvalue weighted by atomic mass is 10.0. The van der Waals surface area contributed by atoms with Gasteiger partial charge in [0.05, 0.1) is 6.42 Å². The molecule has 0 bridgehead atoms. The van der Waals surface area contributed by atoms with Gasteiger partial charge in [-0.2, -0.15) is 0 Å². The average Bonchev–Trinajstić information content (AvgIpc) is 3.01. The summed E-state index contributed by atoms with van der Waals surface area (Å²) in [4.78, 5) is 29.0. The van der Waals surface area contributed by atoms with Crippen LogP contribution in [0.3, 0.4) is 0 Å². The number of anilines is 1. The van der Waals surface area contributed by atoms with Crippen molar-refractivity contribution < 1.29 is 14.7 Å². The van der Waals surface area contributed by atoms with Gasteiger partial charge in [0.2, 0.25) is 0 Å². The first kappa shape index (κ1) is 18.0. The predicted octanol–water partition coefficient (Wildman–Crippen LogP) is 1.15. The topological polar surface area (TPSA) is 114 Å². The molecule has 1 aromatic rings. The Morgan fingerprint density at radius 1 is 1.15 bits per heavy atom. The molecule has 0 atom stereocenters. The summed E-state index contributed by atoms with van der Waals surface area (Å²) in [6.07, 6.45) is 1.79. The maximum atomic E-state index is 12.5. The number of nitrogens with one attached hydrogen (secondary N) is 1. The standard InChI is InChI=1S/C18H25N5O3/c19-17(20)13-1-3-14(4-2-13)21-8-5-15(6-9-21)23-12-11-22(18(23)26)10-7-16(24)25/h1-4,15H,5-12H2,(H3,19,20)(H,24,25). The normalized spacial score (nSPS) is 18.5. The van der Waals surface area contributed by atoms with Crippen LogP contribution in [-0.2, 0) is 4.79 Å². The summed E-state index contributed by atoms with van der Waals surface area (Å²) in [5.41, 5.74) is 7.30. The van der Waals surface area contributed by atoms with E-state index in [4.69, 9.17) is 16.2 Å². The van der Waals surface area contributed by atoms with E-state index in [1.165, 1.54) is 0 Å². The highest BCUT2D eigenvalue weighted by Gasteiger charge is 2.35. The van der Waals surface area contributed by atoms with Gasteiger partial charge in [-0.3, -0.25) is 10.2 Å². The molecule has 4 N–H and O–H groups in total. The van der Waals surface area contributed by atoms with Gasteiger partial charge in [-0.25, -0.2) is 4.79 Å². The minimum Gasteiger partial charge on any atom is -0.481 e. The molecule has 0 unspecified atom stereocenters. The number of aliphatic carboxylic acids is 1. The molecule has 8 heteroatoms. The molecule has 2 saturated heterocycles. The van der Waals surface area contributed by atoms with E-state index in [1.807, 2.05) is 29.2 Å². The predicted molar refractivity (Wildman–Crippen MR) is 98.6 cm³/mol. The van der Waals surface area contributed by atoms with Gasteiger partial charge in [-0.05, 0) is 37.1 Å². The van der Waals surface area contributed by atoms with Crippen molar-refractivity contribution in [2.45, 2.75) is 25.3 Å². The Labute approximate surface area is 152 Å². The second-order valence-corrected chi connectivity index (χ2v) is 6.79. The van der Waals surface area contributed by atoms with Crippen molar-refractivity contribution in [1.82, 2.24) is 9.80 Å². The van der Waals surface area contributed by atoms with Gasteiger partial charge in [-0.15, -0.1) is 0 Å². The number of carboxylic acids is 1. The number of nitrogen functional groups attached to an aromatic ring is 1. The Morgan fingerprint density at radius 3 is 2.38 bits per heavy atom. The molecule has 2 heterocycles. The number of nitrogens with zero attached hydrogens (tertiary/aromatic N) is 3. The van der Waals surface area contributed by atoms with Gasteiger partial charge < -0.3 is 25.5 Å². The number of carboxylic acid groups (broad SMARTS) is 1. The number of amidine groups is 1. The number of carbonyl (C=O) groups is 2. The van der Waals surface area contributed by atoms with Crippen molar-refractivity contribution in [3.63, 3.8) is 0 Å². The monoisotopic (exact) mass is 359 g/mol. The molecule has 2 amide bonds. The molecule has 0 aliphatic carbocycles. The third-order valence-electron chi connectivity index (χ3n) is 5.17. The Hall–Kier alpha value is -2.77. The lowest BCUT2D eigenvalue weighted by molar-refractivity contribution is -0.137. The van der Waals surface area contributed by atoms with Crippen LogP contribution in [0.25, 0.3) is 0 Å². The van der Waals surface area contributed by atoms with E-state index in [-0.39, 0.29) is 30.9 Å². The first-order valence-corrected chi connectivity index (χ1v) is 8.92. The van der Waals surface area contributed by atoms with Crippen LogP contribution in [-0.4, -0.2) is 71.5 Å². The highest BCUT2D eigenvalue weighted by atomic mass is 16.4. The second kappa shape index (κ2) is 7.63. The first-order chi connectivity index (χ1) is 12.5. The number of hydrogen-bond donors (Lipinski definition) is 3. The summed E-state index contributed by atoms with van der Waals surface area (Å²) >= 11 is 0. The number of urea groups is 1. The third kappa shape index (κ3) is 3.89. The van der Waals surface area contributed by atoms with Crippen molar-refractivity contribution in [2.75, 3.05) is 37.6 Å². The van der Waals surface area contributed by atoms with Gasteiger partial charge in [0.15, 0.2) is 0 Å². The molecule has 3 rings (SSSR count). The van der Waals surface area contributed by atoms with E-state index in [0.29, 0.717) is 18.7 Å². The van der Waals surface area contributed by atoms with Gasteiger partial charge in [-0.1, -0.05) is 0 Å². The number of nitrogens with two attached hydrogens (primary N) is 1. The molecule has 1 aromatic carbocycles. The van der Waals surface area contributed by atoms with Crippen LogP contribution < -0.4 is 10.6 Å². The number of hydrogen-bond acceptors (Lipinski definition) is 4. The van der Waals surface area contributed by atoms with Crippen molar-refractivity contribution in [3.8, 4) is 0 Å². The molecular formula is C18H25N5O3. The second-order valence-electron chi connectivity index (χ2n) is 6.79. The fourth-order valence-electron chi connectivity index (χ4n) is 3.67. The van der Waals surface area contributed by atoms with Crippen LogP contribution >= 0.6 is 0 Å². The third-order valence-corrected chi connectivity index (χ3v) is 5.17. The van der Waals surface area contributed by atoms with E-state index in [1.54, 1.807) is 4.90 Å². The summed E-state index contributed by atoms with van der Waals surface area (Å²) in [7, 11) is 0. The molecular weight excluding hydrogens is 334 g/mol. The van der Waals surface area contributed by atoms with Crippen LogP contribution in [0.2, 0.25) is 0 Å². The fraction of sp³-hybridized carbons (Fsp3) is 0.500. The SMILES string of the molecule is N=C(N)c1ccc(N2CCC(N3CCN(CCC(=O)O)C3=O)CC2)cc1. The Morgan fingerprint density at radius 2 is 1.81 bits per heavy atom. The molecule has 0 radical (unpaired) electrons. The number of amides is 2.